The normalized spacial score (nSPS) is 17.9. The number of β-amino-alcohol motifs (C(OH)–C–C–N with tert-alkyl or cyclic N) is 1. The molecule has 2 saturated heterocycles. The molecule has 1 aromatic carbocycles. The number of imidazole rings is 1. The van der Waals surface area contributed by atoms with Crippen molar-refractivity contribution in [1.82, 2.24) is 19.9 Å². The first kappa shape index (κ1) is 16.5. The van der Waals surface area contributed by atoms with Crippen molar-refractivity contribution in [3.63, 3.8) is 0 Å². The molecule has 0 saturated carbocycles. The Labute approximate surface area is 160 Å². The van der Waals surface area contributed by atoms with Crippen LogP contribution < -0.4 is 4.90 Å². The standard InChI is InChI=1S/C19H18ClN5O2/c20-12-3-4-15-16(6-12)23-17(22-15)11-7-24(8-11)18-14(2-1-5-21-18)19(27)25-9-13(26)10-25/h1-6,11,13,26H,7-10H2,(H,22,23). The fraction of sp³-hybridized carbons (Fsp3) is 0.316. The summed E-state index contributed by atoms with van der Waals surface area (Å²) in [4.78, 5) is 28.8. The Hall–Kier alpha value is -2.64. The minimum Gasteiger partial charge on any atom is -0.389 e. The number of hydrogen-bond acceptors (Lipinski definition) is 5. The quantitative estimate of drug-likeness (QED) is 0.722. The van der Waals surface area contributed by atoms with Gasteiger partial charge in [-0.15, -0.1) is 0 Å². The number of H-pyrrole nitrogens is 1. The monoisotopic (exact) mass is 383 g/mol. The van der Waals surface area contributed by atoms with Crippen LogP contribution in [-0.2, 0) is 0 Å². The Kier molecular flexibility index (Phi) is 3.80. The number of rotatable bonds is 3. The second-order valence-corrected chi connectivity index (χ2v) is 7.56. The Bertz CT molecular complexity index is 1020. The van der Waals surface area contributed by atoms with Crippen molar-refractivity contribution < 1.29 is 9.90 Å². The summed E-state index contributed by atoms with van der Waals surface area (Å²) in [7, 11) is 0. The lowest BCUT2D eigenvalue weighted by Gasteiger charge is -2.41. The molecule has 0 atom stereocenters. The Morgan fingerprint density at radius 1 is 1.22 bits per heavy atom. The lowest BCUT2D eigenvalue weighted by molar-refractivity contribution is 0.00590. The predicted molar refractivity (Wildman–Crippen MR) is 102 cm³/mol. The molecule has 5 rings (SSSR count). The average Bonchev–Trinajstić information content (AvgIpc) is 3.00. The van der Waals surface area contributed by atoms with E-state index in [1.54, 1.807) is 23.2 Å². The number of aliphatic hydroxyl groups excluding tert-OH is 1. The molecule has 7 nitrogen and oxygen atoms in total. The molecular formula is C19H18ClN5O2. The molecule has 0 bridgehead atoms. The minimum atomic E-state index is -0.413. The van der Waals surface area contributed by atoms with E-state index in [0.717, 1.165) is 29.9 Å². The number of amides is 1. The fourth-order valence-electron chi connectivity index (χ4n) is 3.63. The maximum Gasteiger partial charge on any atom is 0.257 e. The molecular weight excluding hydrogens is 366 g/mol. The van der Waals surface area contributed by atoms with Gasteiger partial charge in [-0.05, 0) is 30.3 Å². The Balaban J connectivity index is 1.34. The smallest absolute Gasteiger partial charge is 0.257 e. The van der Waals surface area contributed by atoms with E-state index in [0.29, 0.717) is 29.5 Å². The highest BCUT2D eigenvalue weighted by Gasteiger charge is 2.36. The van der Waals surface area contributed by atoms with Gasteiger partial charge in [0.1, 0.15) is 11.6 Å². The number of benzene rings is 1. The Morgan fingerprint density at radius 2 is 2.04 bits per heavy atom. The first-order valence-electron chi connectivity index (χ1n) is 8.91. The van der Waals surface area contributed by atoms with Crippen LogP contribution in [0.1, 0.15) is 22.1 Å². The van der Waals surface area contributed by atoms with E-state index in [9.17, 15) is 9.90 Å². The zero-order chi connectivity index (χ0) is 18.5. The van der Waals surface area contributed by atoms with Gasteiger partial charge in [0.05, 0.1) is 28.6 Å². The van der Waals surface area contributed by atoms with Crippen molar-refractivity contribution in [2.75, 3.05) is 31.1 Å². The van der Waals surface area contributed by atoms with Crippen molar-refractivity contribution in [2.45, 2.75) is 12.0 Å². The zero-order valence-corrected chi connectivity index (χ0v) is 15.2. The van der Waals surface area contributed by atoms with Gasteiger partial charge in [-0.25, -0.2) is 9.97 Å². The lowest BCUT2D eigenvalue weighted by atomic mass is 9.98. The molecule has 4 heterocycles. The van der Waals surface area contributed by atoms with Crippen molar-refractivity contribution in [1.29, 1.82) is 0 Å². The second-order valence-electron chi connectivity index (χ2n) is 7.12. The zero-order valence-electron chi connectivity index (χ0n) is 14.5. The van der Waals surface area contributed by atoms with E-state index >= 15 is 0 Å². The number of fused-ring (bicyclic) bond motifs is 1. The number of carbonyl (C=O) groups is 1. The van der Waals surface area contributed by atoms with Gasteiger partial charge in [0.2, 0.25) is 0 Å². The van der Waals surface area contributed by atoms with Crippen LogP contribution in [0.3, 0.4) is 0 Å². The van der Waals surface area contributed by atoms with Gasteiger partial charge in [0, 0.05) is 37.4 Å². The molecule has 2 N–H and O–H groups in total. The summed E-state index contributed by atoms with van der Waals surface area (Å²) < 4.78 is 0. The molecule has 2 aliphatic rings. The Morgan fingerprint density at radius 3 is 2.81 bits per heavy atom. The first-order chi connectivity index (χ1) is 13.1. The van der Waals surface area contributed by atoms with E-state index < -0.39 is 6.10 Å². The number of likely N-dealkylation sites (tertiary alicyclic amines) is 1. The van der Waals surface area contributed by atoms with Gasteiger partial charge in [0.25, 0.3) is 5.91 Å². The summed E-state index contributed by atoms with van der Waals surface area (Å²) >= 11 is 6.04. The number of aliphatic hydroxyl groups is 1. The highest BCUT2D eigenvalue weighted by molar-refractivity contribution is 6.31. The number of nitrogens with zero attached hydrogens (tertiary/aromatic N) is 4. The predicted octanol–water partition coefficient (Wildman–Crippen LogP) is 2.03. The first-order valence-corrected chi connectivity index (χ1v) is 9.29. The highest BCUT2D eigenvalue weighted by Crippen LogP contribution is 2.33. The van der Waals surface area contributed by atoms with Gasteiger partial charge in [0.15, 0.2) is 0 Å². The van der Waals surface area contributed by atoms with Crippen LogP contribution in [0.15, 0.2) is 36.5 Å². The lowest BCUT2D eigenvalue weighted by Crippen LogP contribution is -2.54. The number of carbonyl (C=O) groups excluding carboxylic acids is 1. The highest BCUT2D eigenvalue weighted by atomic mass is 35.5. The van der Waals surface area contributed by atoms with Crippen LogP contribution in [0.2, 0.25) is 5.02 Å². The molecule has 2 aromatic heterocycles. The van der Waals surface area contributed by atoms with Crippen LogP contribution in [-0.4, -0.2) is 63.1 Å². The summed E-state index contributed by atoms with van der Waals surface area (Å²) in [6.45, 7) is 2.26. The van der Waals surface area contributed by atoms with Gasteiger partial charge >= 0.3 is 0 Å². The van der Waals surface area contributed by atoms with Gasteiger partial charge < -0.3 is 19.9 Å². The van der Waals surface area contributed by atoms with Crippen molar-refractivity contribution in [3.8, 4) is 0 Å². The maximum absolute atomic E-state index is 12.7. The van der Waals surface area contributed by atoms with Crippen LogP contribution in [0, 0.1) is 0 Å². The topological polar surface area (TPSA) is 85.4 Å². The summed E-state index contributed by atoms with van der Waals surface area (Å²) in [6, 6.07) is 9.19. The molecule has 0 aliphatic carbocycles. The summed E-state index contributed by atoms with van der Waals surface area (Å²) in [5.41, 5.74) is 2.41. The third-order valence-electron chi connectivity index (χ3n) is 5.20. The van der Waals surface area contributed by atoms with Crippen molar-refractivity contribution in [3.05, 3.63) is 52.9 Å². The molecule has 1 amide bonds. The SMILES string of the molecule is O=C(c1cccnc1N1CC(c2nc3ccc(Cl)cc3[nH]2)C1)N1CC(O)C1. The fourth-order valence-corrected chi connectivity index (χ4v) is 3.80. The molecule has 2 aliphatic heterocycles. The molecule has 27 heavy (non-hydrogen) atoms. The largest absolute Gasteiger partial charge is 0.389 e. The number of nitrogens with one attached hydrogen (secondary N) is 1. The molecule has 138 valence electrons. The van der Waals surface area contributed by atoms with Gasteiger partial charge in [-0.1, -0.05) is 11.6 Å². The number of anilines is 1. The average molecular weight is 384 g/mol. The number of hydrogen-bond donors (Lipinski definition) is 2. The number of halogens is 1. The summed E-state index contributed by atoms with van der Waals surface area (Å²) in [6.07, 6.45) is 1.29. The minimum absolute atomic E-state index is 0.0785. The van der Waals surface area contributed by atoms with E-state index in [1.807, 2.05) is 18.2 Å². The molecule has 0 unspecified atom stereocenters. The molecule has 8 heteroatoms. The number of aromatic amines is 1. The molecule has 3 aromatic rings. The van der Waals surface area contributed by atoms with Crippen LogP contribution in [0.5, 0.6) is 0 Å². The van der Waals surface area contributed by atoms with Gasteiger partial charge in [-0.3, -0.25) is 4.79 Å². The van der Waals surface area contributed by atoms with E-state index in [4.69, 9.17) is 11.6 Å². The number of pyridine rings is 1. The van der Waals surface area contributed by atoms with Crippen molar-refractivity contribution in [2.24, 2.45) is 0 Å². The number of aromatic nitrogens is 3. The molecule has 0 spiro atoms. The summed E-state index contributed by atoms with van der Waals surface area (Å²) in [5.74, 6) is 1.80. The van der Waals surface area contributed by atoms with E-state index in [-0.39, 0.29) is 11.8 Å². The van der Waals surface area contributed by atoms with E-state index in [2.05, 4.69) is 19.9 Å². The van der Waals surface area contributed by atoms with Crippen LogP contribution >= 0.6 is 11.6 Å². The third kappa shape index (κ3) is 2.83. The van der Waals surface area contributed by atoms with Crippen LogP contribution in [0.4, 0.5) is 5.82 Å². The second kappa shape index (κ2) is 6.21. The van der Waals surface area contributed by atoms with Crippen molar-refractivity contribution >= 4 is 34.4 Å². The summed E-state index contributed by atoms with van der Waals surface area (Å²) in [5, 5.41) is 10.1. The molecule has 0 radical (unpaired) electrons. The van der Waals surface area contributed by atoms with Gasteiger partial charge in [-0.2, -0.15) is 0 Å². The molecule has 2 fully saturated rings. The maximum atomic E-state index is 12.7. The van der Waals surface area contributed by atoms with Crippen LogP contribution in [0.25, 0.3) is 11.0 Å². The van der Waals surface area contributed by atoms with E-state index in [1.165, 1.54) is 0 Å². The third-order valence-corrected chi connectivity index (χ3v) is 5.43.